The first-order valence-corrected chi connectivity index (χ1v) is 11.1. The highest BCUT2D eigenvalue weighted by atomic mass is 79.9. The number of ether oxygens (including phenoxy) is 2. The Morgan fingerprint density at radius 2 is 1.87 bits per heavy atom. The Morgan fingerprint density at radius 1 is 1.10 bits per heavy atom. The van der Waals surface area contributed by atoms with E-state index in [1.54, 1.807) is 62.9 Å². The van der Waals surface area contributed by atoms with E-state index in [2.05, 4.69) is 41.6 Å². The minimum atomic E-state index is -3.64. The van der Waals surface area contributed by atoms with E-state index in [-0.39, 0.29) is 4.90 Å². The molecule has 0 radical (unpaired) electrons. The van der Waals surface area contributed by atoms with Crippen LogP contribution in [0.3, 0.4) is 0 Å². The van der Waals surface area contributed by atoms with Crippen LogP contribution in [0.1, 0.15) is 0 Å². The zero-order chi connectivity index (χ0) is 21.8. The summed E-state index contributed by atoms with van der Waals surface area (Å²) < 4.78 is 36.4. The van der Waals surface area contributed by atoms with Crippen molar-refractivity contribution in [3.63, 3.8) is 0 Å². The highest BCUT2D eigenvalue weighted by Crippen LogP contribution is 2.33. The molecule has 2 aromatic rings. The minimum Gasteiger partial charge on any atom is -0.497 e. The van der Waals surface area contributed by atoms with E-state index in [9.17, 15) is 8.42 Å². The van der Waals surface area contributed by atoms with E-state index in [0.717, 1.165) is 0 Å². The molecule has 11 heteroatoms. The van der Waals surface area contributed by atoms with Crippen molar-refractivity contribution < 1.29 is 17.9 Å². The van der Waals surface area contributed by atoms with E-state index >= 15 is 0 Å². The summed E-state index contributed by atoms with van der Waals surface area (Å²) in [4.78, 5) is 4.70. The number of aliphatic imine (C=N–C) groups is 1. The molecule has 0 bridgehead atoms. The van der Waals surface area contributed by atoms with Crippen molar-refractivity contribution in [3.05, 3.63) is 54.7 Å². The molecule has 0 aliphatic carbocycles. The van der Waals surface area contributed by atoms with Gasteiger partial charge in [-0.25, -0.2) is 18.1 Å². The van der Waals surface area contributed by atoms with Gasteiger partial charge in [0.25, 0.3) is 4.70 Å². The molecule has 4 N–H and O–H groups in total. The predicted molar refractivity (Wildman–Crippen MR) is 121 cm³/mol. The van der Waals surface area contributed by atoms with Crippen LogP contribution in [0.15, 0.2) is 64.6 Å². The van der Waals surface area contributed by atoms with Crippen LogP contribution in [-0.2, 0) is 10.0 Å². The van der Waals surface area contributed by atoms with Crippen molar-refractivity contribution in [2.45, 2.75) is 9.59 Å². The molecule has 3 rings (SSSR count). The summed E-state index contributed by atoms with van der Waals surface area (Å²) in [7, 11) is 0.868. The summed E-state index contributed by atoms with van der Waals surface area (Å²) in [5, 5.41) is 9.35. The molecular weight excluding hydrogens is 474 g/mol. The van der Waals surface area contributed by atoms with E-state index in [1.165, 1.54) is 13.1 Å². The average Bonchev–Trinajstić information content (AvgIpc) is 2.74. The van der Waals surface area contributed by atoms with Gasteiger partial charge in [0.1, 0.15) is 22.2 Å². The van der Waals surface area contributed by atoms with Gasteiger partial charge in [0.05, 0.1) is 25.6 Å². The van der Waals surface area contributed by atoms with E-state index < -0.39 is 14.7 Å². The van der Waals surface area contributed by atoms with Gasteiger partial charge in [-0.3, -0.25) is 0 Å². The quantitative estimate of drug-likeness (QED) is 0.345. The standard InChI is InChI=1S/C19H22BrN5O4S/c1-21-30(26,27)17-7-5-4-6-15(17)23-18-10-11-22-19(20,25-18)24-14-9-8-13(28-2)12-16(14)29-3/h4-12,21-22,24H,1-3H3,(H,23,25). The Labute approximate surface area is 183 Å². The first-order chi connectivity index (χ1) is 14.3. The lowest BCUT2D eigenvalue weighted by Crippen LogP contribution is -2.45. The second kappa shape index (κ2) is 8.94. The third-order valence-corrected chi connectivity index (χ3v) is 6.28. The molecule has 0 aromatic heterocycles. The number of nitrogens with one attached hydrogen (secondary N) is 4. The fraction of sp³-hybridized carbons (Fsp3) is 0.211. The Kier molecular flexibility index (Phi) is 6.54. The van der Waals surface area contributed by atoms with Crippen LogP contribution in [0, 0.1) is 0 Å². The summed E-state index contributed by atoms with van der Waals surface area (Å²) in [6, 6.07) is 11.9. The number of rotatable bonds is 7. The monoisotopic (exact) mass is 495 g/mol. The number of alkyl halides is 1. The fourth-order valence-electron chi connectivity index (χ4n) is 2.73. The van der Waals surface area contributed by atoms with Gasteiger partial charge in [-0.2, -0.15) is 0 Å². The molecule has 1 heterocycles. The minimum absolute atomic E-state index is 0.118. The van der Waals surface area contributed by atoms with Gasteiger partial charge in [0, 0.05) is 12.3 Å². The smallest absolute Gasteiger partial charge is 0.265 e. The molecule has 0 amide bonds. The summed E-state index contributed by atoms with van der Waals surface area (Å²) >= 11 is 3.54. The van der Waals surface area contributed by atoms with Gasteiger partial charge in [-0.15, -0.1) is 0 Å². The lowest BCUT2D eigenvalue weighted by atomic mass is 10.2. The highest BCUT2D eigenvalue weighted by molar-refractivity contribution is 9.10. The Bertz CT molecular complexity index is 1090. The molecule has 1 atom stereocenters. The summed E-state index contributed by atoms with van der Waals surface area (Å²) in [5.41, 5.74) is 1.06. The van der Waals surface area contributed by atoms with Crippen molar-refractivity contribution in [3.8, 4) is 11.5 Å². The van der Waals surface area contributed by atoms with Crippen molar-refractivity contribution in [1.29, 1.82) is 0 Å². The summed E-state index contributed by atoms with van der Waals surface area (Å²) in [6.45, 7) is 0. The topological polar surface area (TPSA) is 113 Å². The maximum Gasteiger partial charge on any atom is 0.265 e. The maximum atomic E-state index is 12.3. The first kappa shape index (κ1) is 21.9. The van der Waals surface area contributed by atoms with Gasteiger partial charge < -0.3 is 25.4 Å². The zero-order valence-electron chi connectivity index (χ0n) is 16.6. The average molecular weight is 496 g/mol. The number of para-hydroxylation sites is 1. The van der Waals surface area contributed by atoms with Crippen LogP contribution in [0.4, 0.5) is 11.4 Å². The lowest BCUT2D eigenvalue weighted by molar-refractivity contribution is 0.395. The fourth-order valence-corrected chi connectivity index (χ4v) is 4.16. The number of anilines is 2. The van der Waals surface area contributed by atoms with Crippen LogP contribution in [0.5, 0.6) is 11.5 Å². The van der Waals surface area contributed by atoms with Crippen LogP contribution in [-0.4, -0.2) is 40.2 Å². The molecule has 1 unspecified atom stereocenters. The molecular formula is C19H22BrN5O4S. The molecule has 30 heavy (non-hydrogen) atoms. The van der Waals surface area contributed by atoms with E-state index in [0.29, 0.717) is 28.7 Å². The van der Waals surface area contributed by atoms with E-state index in [1.807, 2.05) is 0 Å². The second-order valence-electron chi connectivity index (χ2n) is 6.12. The molecule has 0 saturated heterocycles. The van der Waals surface area contributed by atoms with Gasteiger partial charge in [-0.05, 0) is 53.3 Å². The van der Waals surface area contributed by atoms with Crippen molar-refractivity contribution in [2.75, 3.05) is 31.9 Å². The Hall–Kier alpha value is -2.76. The number of hydrogen-bond acceptors (Lipinski definition) is 8. The lowest BCUT2D eigenvalue weighted by Gasteiger charge is -2.30. The number of halogens is 1. The first-order valence-electron chi connectivity index (χ1n) is 8.83. The third kappa shape index (κ3) is 4.86. The van der Waals surface area contributed by atoms with Crippen LogP contribution < -0.4 is 30.1 Å². The van der Waals surface area contributed by atoms with Crippen LogP contribution >= 0.6 is 15.9 Å². The van der Waals surface area contributed by atoms with Crippen molar-refractivity contribution >= 4 is 43.2 Å². The number of nitrogens with zero attached hydrogens (tertiary/aromatic N) is 1. The van der Waals surface area contributed by atoms with E-state index in [4.69, 9.17) is 9.47 Å². The molecule has 9 nitrogen and oxygen atoms in total. The highest BCUT2D eigenvalue weighted by Gasteiger charge is 2.28. The molecule has 0 saturated carbocycles. The van der Waals surface area contributed by atoms with Gasteiger partial charge in [0.15, 0.2) is 0 Å². The largest absolute Gasteiger partial charge is 0.497 e. The number of hydrogen-bond donors (Lipinski definition) is 4. The zero-order valence-corrected chi connectivity index (χ0v) is 19.0. The van der Waals surface area contributed by atoms with Gasteiger partial charge >= 0.3 is 0 Å². The summed E-state index contributed by atoms with van der Waals surface area (Å²) in [6.07, 6.45) is 3.37. The molecule has 0 spiro atoms. The predicted octanol–water partition coefficient (Wildman–Crippen LogP) is 2.66. The molecule has 2 aromatic carbocycles. The number of benzene rings is 2. The SMILES string of the molecule is CNS(=O)(=O)c1ccccc1NC1=NC(Br)(Nc2ccc(OC)cc2OC)NC=C1. The van der Waals surface area contributed by atoms with Crippen LogP contribution in [0.25, 0.3) is 0 Å². The molecule has 1 aliphatic rings. The number of amidine groups is 1. The number of methoxy groups -OCH3 is 2. The molecule has 0 fully saturated rings. The molecule has 1 aliphatic heterocycles. The summed E-state index contributed by atoms with van der Waals surface area (Å²) in [5.74, 6) is 1.66. The van der Waals surface area contributed by atoms with Crippen molar-refractivity contribution in [2.24, 2.45) is 4.99 Å². The second-order valence-corrected chi connectivity index (χ2v) is 9.12. The Balaban J connectivity index is 1.88. The third-order valence-electron chi connectivity index (χ3n) is 4.21. The van der Waals surface area contributed by atoms with Gasteiger partial charge in [0.2, 0.25) is 10.0 Å². The maximum absolute atomic E-state index is 12.3. The normalized spacial score (nSPS) is 18.2. The number of sulfonamides is 1. The van der Waals surface area contributed by atoms with Crippen molar-refractivity contribution in [1.82, 2.24) is 10.0 Å². The van der Waals surface area contributed by atoms with Gasteiger partial charge in [-0.1, -0.05) is 12.1 Å². The molecule has 160 valence electrons. The Morgan fingerprint density at radius 3 is 2.57 bits per heavy atom. The van der Waals surface area contributed by atoms with Crippen LogP contribution in [0.2, 0.25) is 0 Å².